The van der Waals surface area contributed by atoms with Crippen LogP contribution in [0.15, 0.2) is 0 Å². The van der Waals surface area contributed by atoms with Crippen molar-refractivity contribution in [3.05, 3.63) is 0 Å². The third kappa shape index (κ3) is 3.89. The van der Waals surface area contributed by atoms with Gasteiger partial charge in [-0.15, -0.1) is 0 Å². The first-order valence-corrected chi connectivity index (χ1v) is 9.54. The Hall–Kier alpha value is -0.650. The Labute approximate surface area is 140 Å². The predicted molar refractivity (Wildman–Crippen MR) is 89.2 cm³/mol. The molecule has 132 valence electrons. The lowest BCUT2D eigenvalue weighted by Gasteiger charge is -2.45. The highest BCUT2D eigenvalue weighted by Gasteiger charge is 2.38. The maximum atomic E-state index is 12.9. The zero-order valence-corrected chi connectivity index (χ0v) is 14.5. The molecule has 23 heavy (non-hydrogen) atoms. The predicted octanol–water partition coefficient (Wildman–Crippen LogP) is 1.78. The molecular weight excluding hydrogens is 292 g/mol. The summed E-state index contributed by atoms with van der Waals surface area (Å²) < 4.78 is 5.88. The van der Waals surface area contributed by atoms with E-state index in [2.05, 4.69) is 9.80 Å². The number of hydrogen-bond donors (Lipinski definition) is 1. The van der Waals surface area contributed by atoms with E-state index in [1.165, 1.54) is 12.8 Å². The standard InChI is InChI=1S/C18H32N2O3/c1-2-16(21)14-7-5-6-10-19(14)13-18(22)20-11-12-23-17-9-4-3-8-15(17)20/h14-17,21H,2-13H2,1H3. The third-order valence-corrected chi connectivity index (χ3v) is 5.92. The summed E-state index contributed by atoms with van der Waals surface area (Å²) in [5, 5.41) is 10.3. The molecule has 5 nitrogen and oxygen atoms in total. The zero-order valence-electron chi connectivity index (χ0n) is 14.5. The van der Waals surface area contributed by atoms with Gasteiger partial charge in [-0.2, -0.15) is 0 Å². The Morgan fingerprint density at radius 3 is 2.78 bits per heavy atom. The lowest BCUT2D eigenvalue weighted by atomic mass is 9.90. The zero-order chi connectivity index (χ0) is 16.2. The van der Waals surface area contributed by atoms with Crippen LogP contribution in [0.5, 0.6) is 0 Å². The van der Waals surface area contributed by atoms with Crippen molar-refractivity contribution in [2.75, 3.05) is 26.2 Å². The number of aliphatic hydroxyl groups excluding tert-OH is 1. The largest absolute Gasteiger partial charge is 0.392 e. The topological polar surface area (TPSA) is 53.0 Å². The molecule has 0 radical (unpaired) electrons. The fraction of sp³-hybridized carbons (Fsp3) is 0.944. The number of nitrogens with zero attached hydrogens (tertiary/aromatic N) is 2. The minimum Gasteiger partial charge on any atom is -0.392 e. The molecule has 4 unspecified atom stereocenters. The first-order valence-electron chi connectivity index (χ1n) is 9.54. The first kappa shape index (κ1) is 17.2. The van der Waals surface area contributed by atoms with Crippen LogP contribution in [0.3, 0.4) is 0 Å². The number of carbonyl (C=O) groups is 1. The average molecular weight is 324 g/mol. The van der Waals surface area contributed by atoms with E-state index in [9.17, 15) is 9.90 Å². The number of hydrogen-bond acceptors (Lipinski definition) is 4. The second-order valence-corrected chi connectivity index (χ2v) is 7.36. The van der Waals surface area contributed by atoms with Gasteiger partial charge >= 0.3 is 0 Å². The van der Waals surface area contributed by atoms with Crippen LogP contribution in [0.25, 0.3) is 0 Å². The number of morpholine rings is 1. The van der Waals surface area contributed by atoms with E-state index in [0.29, 0.717) is 13.2 Å². The number of carbonyl (C=O) groups excluding carboxylic acids is 1. The van der Waals surface area contributed by atoms with Gasteiger partial charge in [0.2, 0.25) is 5.91 Å². The summed E-state index contributed by atoms with van der Waals surface area (Å²) in [6, 6.07) is 0.435. The van der Waals surface area contributed by atoms with Gasteiger partial charge in [0.25, 0.3) is 0 Å². The third-order valence-electron chi connectivity index (χ3n) is 5.92. The van der Waals surface area contributed by atoms with Gasteiger partial charge in [0, 0.05) is 12.6 Å². The molecule has 1 amide bonds. The number of fused-ring (bicyclic) bond motifs is 1. The van der Waals surface area contributed by atoms with Crippen LogP contribution in [0, 0.1) is 0 Å². The molecule has 4 atom stereocenters. The van der Waals surface area contributed by atoms with Crippen molar-refractivity contribution >= 4 is 5.91 Å². The van der Waals surface area contributed by atoms with Gasteiger partial charge in [-0.05, 0) is 38.6 Å². The smallest absolute Gasteiger partial charge is 0.237 e. The number of piperidine rings is 1. The Kier molecular flexibility index (Phi) is 5.94. The quantitative estimate of drug-likeness (QED) is 0.856. The number of likely N-dealkylation sites (tertiary alicyclic amines) is 1. The fourth-order valence-electron chi connectivity index (χ4n) is 4.59. The minimum absolute atomic E-state index is 0.154. The number of rotatable bonds is 4. The normalized spacial score (nSPS) is 34.0. The average Bonchev–Trinajstić information content (AvgIpc) is 2.61. The van der Waals surface area contributed by atoms with Gasteiger partial charge in [-0.3, -0.25) is 9.69 Å². The van der Waals surface area contributed by atoms with Crippen LogP contribution in [-0.4, -0.2) is 71.3 Å². The summed E-state index contributed by atoms with van der Waals surface area (Å²) in [4.78, 5) is 17.2. The van der Waals surface area contributed by atoms with Crippen LogP contribution in [0.1, 0.15) is 58.3 Å². The van der Waals surface area contributed by atoms with E-state index in [1.54, 1.807) is 0 Å². The molecule has 1 saturated carbocycles. The molecule has 0 spiro atoms. The van der Waals surface area contributed by atoms with E-state index in [-0.39, 0.29) is 30.2 Å². The summed E-state index contributed by atoms with van der Waals surface area (Å²) in [6.45, 7) is 4.83. The van der Waals surface area contributed by atoms with Crippen LogP contribution in [0.2, 0.25) is 0 Å². The maximum absolute atomic E-state index is 12.9. The highest BCUT2D eigenvalue weighted by atomic mass is 16.5. The Morgan fingerprint density at radius 1 is 1.17 bits per heavy atom. The van der Waals surface area contributed by atoms with Gasteiger partial charge in [0.05, 0.1) is 31.4 Å². The molecule has 2 aliphatic heterocycles. The van der Waals surface area contributed by atoms with Gasteiger partial charge in [0.1, 0.15) is 0 Å². The molecule has 3 rings (SSSR count). The summed E-state index contributed by atoms with van der Waals surface area (Å²) in [5.41, 5.74) is 0. The van der Waals surface area contributed by atoms with Crippen LogP contribution < -0.4 is 0 Å². The molecule has 3 fully saturated rings. The molecule has 0 bridgehead atoms. The summed E-state index contributed by atoms with van der Waals surface area (Å²) in [7, 11) is 0. The van der Waals surface area contributed by atoms with Gasteiger partial charge in [-0.25, -0.2) is 0 Å². The molecule has 3 aliphatic rings. The Balaban J connectivity index is 1.62. The van der Waals surface area contributed by atoms with E-state index >= 15 is 0 Å². The van der Waals surface area contributed by atoms with Crippen molar-refractivity contribution in [2.45, 2.75) is 82.6 Å². The molecular formula is C18H32N2O3. The molecule has 1 N–H and O–H groups in total. The molecule has 5 heteroatoms. The van der Waals surface area contributed by atoms with E-state index in [0.717, 1.165) is 51.6 Å². The molecule has 0 aromatic rings. The van der Waals surface area contributed by atoms with Crippen molar-refractivity contribution in [1.29, 1.82) is 0 Å². The SMILES string of the molecule is CCC(O)C1CCCCN1CC(=O)N1CCOC2CCCCC21. The molecule has 1 aliphatic carbocycles. The first-order chi connectivity index (χ1) is 11.2. The van der Waals surface area contributed by atoms with Crippen LogP contribution >= 0.6 is 0 Å². The van der Waals surface area contributed by atoms with Crippen molar-refractivity contribution in [1.82, 2.24) is 9.80 Å². The molecule has 2 heterocycles. The van der Waals surface area contributed by atoms with E-state index in [1.807, 2.05) is 6.92 Å². The maximum Gasteiger partial charge on any atom is 0.237 e. The number of amides is 1. The minimum atomic E-state index is -0.310. The second-order valence-electron chi connectivity index (χ2n) is 7.36. The lowest BCUT2D eigenvalue weighted by Crippen LogP contribution is -2.58. The van der Waals surface area contributed by atoms with Crippen molar-refractivity contribution in [2.24, 2.45) is 0 Å². The lowest BCUT2D eigenvalue weighted by molar-refractivity contribution is -0.152. The molecule has 2 saturated heterocycles. The molecule has 0 aromatic heterocycles. The van der Waals surface area contributed by atoms with Crippen LogP contribution in [-0.2, 0) is 9.53 Å². The van der Waals surface area contributed by atoms with Crippen molar-refractivity contribution in [3.8, 4) is 0 Å². The van der Waals surface area contributed by atoms with Crippen molar-refractivity contribution in [3.63, 3.8) is 0 Å². The summed E-state index contributed by atoms with van der Waals surface area (Å²) in [6.07, 6.45) is 8.61. The highest BCUT2D eigenvalue weighted by molar-refractivity contribution is 5.79. The molecule has 0 aromatic carbocycles. The highest BCUT2D eigenvalue weighted by Crippen LogP contribution is 2.29. The second kappa shape index (κ2) is 7.95. The van der Waals surface area contributed by atoms with E-state index < -0.39 is 0 Å². The number of ether oxygens (including phenoxy) is 1. The summed E-state index contributed by atoms with van der Waals surface area (Å²) >= 11 is 0. The number of aliphatic hydroxyl groups is 1. The van der Waals surface area contributed by atoms with E-state index in [4.69, 9.17) is 4.74 Å². The van der Waals surface area contributed by atoms with Gasteiger partial charge in [-0.1, -0.05) is 26.2 Å². The Morgan fingerprint density at radius 2 is 1.96 bits per heavy atom. The summed E-state index contributed by atoms with van der Waals surface area (Å²) in [5.74, 6) is 0.236. The fourth-order valence-corrected chi connectivity index (χ4v) is 4.59. The Bertz CT molecular complexity index is 402. The van der Waals surface area contributed by atoms with Gasteiger partial charge in [0.15, 0.2) is 0 Å². The van der Waals surface area contributed by atoms with Crippen LogP contribution in [0.4, 0.5) is 0 Å². The monoisotopic (exact) mass is 324 g/mol. The van der Waals surface area contributed by atoms with Crippen molar-refractivity contribution < 1.29 is 14.6 Å². The van der Waals surface area contributed by atoms with Gasteiger partial charge < -0.3 is 14.7 Å².